The van der Waals surface area contributed by atoms with Crippen LogP contribution in [-0.2, 0) is 0 Å². The van der Waals surface area contributed by atoms with Crippen LogP contribution in [0.25, 0.3) is 21.9 Å². The Balaban J connectivity index is 2.13. The molecule has 0 spiro atoms. The van der Waals surface area contributed by atoms with Crippen LogP contribution in [0.2, 0.25) is 0 Å². The molecule has 0 fully saturated rings. The Hall–Kier alpha value is -2.28. The molecule has 0 saturated heterocycles. The molecule has 1 heteroatoms. The second-order valence-electron chi connectivity index (χ2n) is 4.61. The van der Waals surface area contributed by atoms with Crippen molar-refractivity contribution >= 4 is 10.8 Å². The number of aryl methyl sites for hydroxylation is 1. The van der Waals surface area contributed by atoms with Crippen LogP contribution in [0.15, 0.2) is 60.7 Å². The van der Waals surface area contributed by atoms with E-state index in [0.29, 0.717) is 5.75 Å². The highest BCUT2D eigenvalue weighted by molar-refractivity contribution is 5.88. The van der Waals surface area contributed by atoms with Gasteiger partial charge in [0.25, 0.3) is 0 Å². The van der Waals surface area contributed by atoms with E-state index in [2.05, 4.69) is 43.3 Å². The van der Waals surface area contributed by atoms with Gasteiger partial charge in [0.2, 0.25) is 0 Å². The van der Waals surface area contributed by atoms with Gasteiger partial charge in [-0.1, -0.05) is 48.0 Å². The quantitative estimate of drug-likeness (QED) is 0.656. The van der Waals surface area contributed by atoms with E-state index in [0.717, 1.165) is 10.8 Å². The van der Waals surface area contributed by atoms with Crippen molar-refractivity contribution in [1.29, 1.82) is 0 Å². The number of hydrogen-bond donors (Lipinski definition) is 1. The molecule has 0 amide bonds. The minimum absolute atomic E-state index is 0.311. The second kappa shape index (κ2) is 4.19. The second-order valence-corrected chi connectivity index (χ2v) is 4.61. The Morgan fingerprint density at radius 1 is 0.667 bits per heavy atom. The summed E-state index contributed by atoms with van der Waals surface area (Å²) in [6.45, 7) is 2.09. The highest BCUT2D eigenvalue weighted by Gasteiger charge is 2.00. The summed E-state index contributed by atoms with van der Waals surface area (Å²) in [5.74, 6) is 0.311. The van der Waals surface area contributed by atoms with Crippen LogP contribution in [0.4, 0.5) is 0 Å². The summed E-state index contributed by atoms with van der Waals surface area (Å²) in [5.41, 5.74) is 3.69. The molecule has 0 heterocycles. The minimum Gasteiger partial charge on any atom is -0.508 e. The SMILES string of the molecule is Cc1ccc(-c2ccc3cc(O)ccc3c2)cc1. The number of rotatable bonds is 1. The van der Waals surface area contributed by atoms with E-state index in [4.69, 9.17) is 0 Å². The number of phenolic OH excluding ortho intramolecular Hbond substituents is 1. The average Bonchev–Trinajstić information content (AvgIpc) is 2.39. The summed E-state index contributed by atoms with van der Waals surface area (Å²) in [4.78, 5) is 0. The van der Waals surface area contributed by atoms with E-state index >= 15 is 0 Å². The van der Waals surface area contributed by atoms with Gasteiger partial charge in [0.1, 0.15) is 5.75 Å². The lowest BCUT2D eigenvalue weighted by atomic mass is 10.0. The first-order valence-electron chi connectivity index (χ1n) is 6.02. The summed E-state index contributed by atoms with van der Waals surface area (Å²) >= 11 is 0. The van der Waals surface area contributed by atoms with Crippen LogP contribution in [0, 0.1) is 6.92 Å². The minimum atomic E-state index is 0.311. The molecular formula is C17H14O. The number of fused-ring (bicyclic) bond motifs is 1. The van der Waals surface area contributed by atoms with Gasteiger partial charge in [-0.25, -0.2) is 0 Å². The molecule has 18 heavy (non-hydrogen) atoms. The molecular weight excluding hydrogens is 220 g/mol. The van der Waals surface area contributed by atoms with E-state index in [-0.39, 0.29) is 0 Å². The first-order chi connectivity index (χ1) is 8.72. The third kappa shape index (κ3) is 1.95. The molecule has 0 aliphatic heterocycles. The van der Waals surface area contributed by atoms with Gasteiger partial charge >= 0.3 is 0 Å². The predicted molar refractivity (Wildman–Crippen MR) is 75.8 cm³/mol. The van der Waals surface area contributed by atoms with Crippen molar-refractivity contribution in [2.45, 2.75) is 6.92 Å². The molecule has 0 aliphatic carbocycles. The number of phenols is 1. The van der Waals surface area contributed by atoms with E-state index in [1.807, 2.05) is 12.1 Å². The lowest BCUT2D eigenvalue weighted by Gasteiger charge is -2.05. The van der Waals surface area contributed by atoms with Gasteiger partial charge in [0, 0.05) is 0 Å². The highest BCUT2D eigenvalue weighted by atomic mass is 16.3. The van der Waals surface area contributed by atoms with Crippen LogP contribution in [0.5, 0.6) is 5.75 Å². The normalized spacial score (nSPS) is 10.7. The summed E-state index contributed by atoms with van der Waals surface area (Å²) < 4.78 is 0. The van der Waals surface area contributed by atoms with E-state index in [1.54, 1.807) is 12.1 Å². The molecule has 0 aliphatic rings. The largest absolute Gasteiger partial charge is 0.508 e. The van der Waals surface area contributed by atoms with E-state index in [1.165, 1.54) is 16.7 Å². The van der Waals surface area contributed by atoms with Crippen molar-refractivity contribution in [1.82, 2.24) is 0 Å². The fourth-order valence-electron chi connectivity index (χ4n) is 2.16. The molecule has 1 nitrogen and oxygen atoms in total. The lowest BCUT2D eigenvalue weighted by Crippen LogP contribution is -1.80. The van der Waals surface area contributed by atoms with Gasteiger partial charge in [-0.2, -0.15) is 0 Å². The summed E-state index contributed by atoms with van der Waals surface area (Å²) in [5, 5.41) is 11.7. The van der Waals surface area contributed by atoms with Gasteiger partial charge in [0.05, 0.1) is 0 Å². The van der Waals surface area contributed by atoms with Crippen LogP contribution < -0.4 is 0 Å². The van der Waals surface area contributed by atoms with Gasteiger partial charge in [-0.3, -0.25) is 0 Å². The van der Waals surface area contributed by atoms with Crippen LogP contribution in [0.3, 0.4) is 0 Å². The molecule has 3 aromatic carbocycles. The molecule has 1 N–H and O–H groups in total. The number of hydrogen-bond acceptors (Lipinski definition) is 1. The maximum atomic E-state index is 9.45. The molecule has 0 bridgehead atoms. The van der Waals surface area contributed by atoms with Crippen molar-refractivity contribution in [3.8, 4) is 16.9 Å². The first-order valence-corrected chi connectivity index (χ1v) is 6.02. The molecule has 0 saturated carbocycles. The van der Waals surface area contributed by atoms with Crippen molar-refractivity contribution in [3.05, 3.63) is 66.2 Å². The van der Waals surface area contributed by atoms with Crippen LogP contribution in [0.1, 0.15) is 5.56 Å². The molecule has 3 aromatic rings. The highest BCUT2D eigenvalue weighted by Crippen LogP contribution is 2.26. The zero-order chi connectivity index (χ0) is 12.5. The summed E-state index contributed by atoms with van der Waals surface area (Å²) in [7, 11) is 0. The maximum absolute atomic E-state index is 9.45. The summed E-state index contributed by atoms with van der Waals surface area (Å²) in [6.07, 6.45) is 0. The predicted octanol–water partition coefficient (Wildman–Crippen LogP) is 4.52. The lowest BCUT2D eigenvalue weighted by molar-refractivity contribution is 0.476. The smallest absolute Gasteiger partial charge is 0.116 e. The topological polar surface area (TPSA) is 20.2 Å². The standard InChI is InChI=1S/C17H14O/c1-12-2-4-13(5-3-12)14-6-7-16-11-17(18)9-8-15(16)10-14/h2-11,18H,1H3. The van der Waals surface area contributed by atoms with E-state index in [9.17, 15) is 5.11 Å². The number of aromatic hydroxyl groups is 1. The molecule has 0 atom stereocenters. The van der Waals surface area contributed by atoms with Crippen molar-refractivity contribution in [3.63, 3.8) is 0 Å². The Morgan fingerprint density at radius 3 is 2.06 bits per heavy atom. The Morgan fingerprint density at radius 2 is 1.28 bits per heavy atom. The van der Waals surface area contributed by atoms with E-state index < -0.39 is 0 Å². The Kier molecular flexibility index (Phi) is 2.52. The molecule has 0 aromatic heterocycles. The molecule has 88 valence electrons. The number of benzene rings is 3. The van der Waals surface area contributed by atoms with Gasteiger partial charge in [-0.05, 0) is 47.0 Å². The monoisotopic (exact) mass is 234 g/mol. The van der Waals surface area contributed by atoms with Crippen molar-refractivity contribution in [2.24, 2.45) is 0 Å². The van der Waals surface area contributed by atoms with Crippen molar-refractivity contribution < 1.29 is 5.11 Å². The fourth-order valence-corrected chi connectivity index (χ4v) is 2.16. The third-order valence-corrected chi connectivity index (χ3v) is 3.21. The van der Waals surface area contributed by atoms with Gasteiger partial charge < -0.3 is 5.11 Å². The Labute approximate surface area is 106 Å². The molecule has 0 radical (unpaired) electrons. The van der Waals surface area contributed by atoms with Gasteiger partial charge in [0.15, 0.2) is 0 Å². The van der Waals surface area contributed by atoms with Crippen LogP contribution >= 0.6 is 0 Å². The third-order valence-electron chi connectivity index (χ3n) is 3.21. The molecule has 3 rings (SSSR count). The van der Waals surface area contributed by atoms with Crippen molar-refractivity contribution in [2.75, 3.05) is 0 Å². The summed E-state index contributed by atoms with van der Waals surface area (Å²) in [6, 6.07) is 20.3. The zero-order valence-corrected chi connectivity index (χ0v) is 10.2. The fraction of sp³-hybridized carbons (Fsp3) is 0.0588. The maximum Gasteiger partial charge on any atom is 0.116 e. The molecule has 0 unspecified atom stereocenters. The Bertz CT molecular complexity index is 696. The first kappa shape index (κ1) is 10.8. The average molecular weight is 234 g/mol. The van der Waals surface area contributed by atoms with Crippen LogP contribution in [-0.4, -0.2) is 5.11 Å². The van der Waals surface area contributed by atoms with Gasteiger partial charge in [-0.15, -0.1) is 0 Å². The zero-order valence-electron chi connectivity index (χ0n) is 10.2.